The van der Waals surface area contributed by atoms with E-state index in [0.717, 1.165) is 18.9 Å². The van der Waals surface area contributed by atoms with Crippen molar-refractivity contribution in [1.29, 1.82) is 0 Å². The summed E-state index contributed by atoms with van der Waals surface area (Å²) in [6.45, 7) is 0. The van der Waals surface area contributed by atoms with Crippen molar-refractivity contribution < 1.29 is 27.1 Å². The number of alkyl halides is 3. The van der Waals surface area contributed by atoms with Crippen LogP contribution >= 0.6 is 0 Å². The van der Waals surface area contributed by atoms with Gasteiger partial charge in [0, 0.05) is 11.5 Å². The second-order valence-electron chi connectivity index (χ2n) is 5.68. The molecule has 2 aliphatic rings. The summed E-state index contributed by atoms with van der Waals surface area (Å²) < 4.78 is 57.0. The maximum absolute atomic E-state index is 13.3. The first kappa shape index (κ1) is 14.5. The van der Waals surface area contributed by atoms with Crippen molar-refractivity contribution in [2.75, 3.05) is 0 Å². The Labute approximate surface area is 119 Å². The van der Waals surface area contributed by atoms with E-state index in [1.807, 2.05) is 0 Å². The molecule has 2 fully saturated rings. The minimum absolute atomic E-state index is 0.0280. The van der Waals surface area contributed by atoms with Crippen LogP contribution in [0.2, 0.25) is 0 Å². The minimum atomic E-state index is -4.80. The number of hydrogen-bond acceptors (Lipinski definition) is 2. The van der Waals surface area contributed by atoms with Crippen LogP contribution in [0, 0.1) is 11.7 Å². The summed E-state index contributed by atoms with van der Waals surface area (Å²) in [6, 6.07) is 2.46. The number of benzene rings is 1. The Morgan fingerprint density at radius 2 is 1.76 bits per heavy atom. The average molecular weight is 302 g/mol. The predicted molar refractivity (Wildman–Crippen MR) is 66.4 cm³/mol. The summed E-state index contributed by atoms with van der Waals surface area (Å²) in [5.74, 6) is -2.03. The monoisotopic (exact) mass is 302 g/mol. The third-order valence-electron chi connectivity index (χ3n) is 4.22. The number of ether oxygens (including phenoxy) is 1. The van der Waals surface area contributed by atoms with Crippen LogP contribution in [-0.2, 0) is 10.9 Å². The SMILES string of the molecule is O=C(c1ccc(F)c(C(F)(F)F)c1)C1CC2CCC(C1)O2. The fourth-order valence-electron chi connectivity index (χ4n) is 3.20. The van der Waals surface area contributed by atoms with Crippen LogP contribution in [0.4, 0.5) is 17.6 Å². The first-order chi connectivity index (χ1) is 9.84. The van der Waals surface area contributed by atoms with Crippen LogP contribution < -0.4 is 0 Å². The molecule has 0 radical (unpaired) electrons. The molecule has 6 heteroatoms. The highest BCUT2D eigenvalue weighted by Crippen LogP contribution is 2.38. The quantitative estimate of drug-likeness (QED) is 0.610. The van der Waals surface area contributed by atoms with Crippen molar-refractivity contribution in [1.82, 2.24) is 0 Å². The summed E-state index contributed by atoms with van der Waals surface area (Å²) in [6.07, 6.45) is -1.88. The predicted octanol–water partition coefficient (Wildman–Crippen LogP) is 3.98. The van der Waals surface area contributed by atoms with E-state index in [4.69, 9.17) is 4.74 Å². The van der Waals surface area contributed by atoms with Crippen LogP contribution in [0.5, 0.6) is 0 Å². The van der Waals surface area contributed by atoms with E-state index in [1.165, 1.54) is 0 Å². The second kappa shape index (κ2) is 5.09. The fraction of sp³-hybridized carbons (Fsp3) is 0.533. The number of hydrogen-bond donors (Lipinski definition) is 0. The summed E-state index contributed by atoms with van der Waals surface area (Å²) in [7, 11) is 0. The van der Waals surface area contributed by atoms with Gasteiger partial charge >= 0.3 is 6.18 Å². The zero-order valence-electron chi connectivity index (χ0n) is 11.1. The highest BCUT2D eigenvalue weighted by Gasteiger charge is 2.39. The minimum Gasteiger partial charge on any atom is -0.375 e. The Balaban J connectivity index is 1.85. The smallest absolute Gasteiger partial charge is 0.375 e. The summed E-state index contributed by atoms with van der Waals surface area (Å²) in [4.78, 5) is 12.4. The van der Waals surface area contributed by atoms with Crippen molar-refractivity contribution in [3.63, 3.8) is 0 Å². The topological polar surface area (TPSA) is 26.3 Å². The molecule has 2 saturated heterocycles. The summed E-state index contributed by atoms with van der Waals surface area (Å²) in [5, 5.41) is 0. The highest BCUT2D eigenvalue weighted by atomic mass is 19.4. The fourth-order valence-corrected chi connectivity index (χ4v) is 3.20. The van der Waals surface area contributed by atoms with Crippen molar-refractivity contribution in [2.24, 2.45) is 5.92 Å². The lowest BCUT2D eigenvalue weighted by Gasteiger charge is -2.27. The molecule has 1 aromatic carbocycles. The molecule has 0 amide bonds. The number of rotatable bonds is 2. The number of Topliss-reactive ketones (excluding diaryl/α,β-unsaturated/α-hetero) is 1. The molecule has 3 rings (SSSR count). The Hall–Kier alpha value is -1.43. The lowest BCUT2D eigenvalue weighted by molar-refractivity contribution is -0.140. The van der Waals surface area contributed by atoms with Gasteiger partial charge in [-0.05, 0) is 43.9 Å². The van der Waals surface area contributed by atoms with Gasteiger partial charge < -0.3 is 4.74 Å². The molecule has 0 saturated carbocycles. The van der Waals surface area contributed by atoms with Crippen LogP contribution in [0.1, 0.15) is 41.6 Å². The van der Waals surface area contributed by atoms with Crippen LogP contribution in [-0.4, -0.2) is 18.0 Å². The Kier molecular flexibility index (Phi) is 3.51. The molecule has 2 heterocycles. The number of halogens is 4. The van der Waals surface area contributed by atoms with E-state index in [1.54, 1.807) is 0 Å². The molecule has 0 spiro atoms. The van der Waals surface area contributed by atoms with E-state index in [-0.39, 0.29) is 29.5 Å². The van der Waals surface area contributed by atoms with E-state index < -0.39 is 17.6 Å². The van der Waals surface area contributed by atoms with Gasteiger partial charge in [-0.2, -0.15) is 13.2 Å². The van der Waals surface area contributed by atoms with E-state index in [2.05, 4.69) is 0 Å². The molecule has 0 aliphatic carbocycles. The first-order valence-corrected chi connectivity index (χ1v) is 6.91. The third-order valence-corrected chi connectivity index (χ3v) is 4.22. The number of fused-ring (bicyclic) bond motifs is 2. The van der Waals surface area contributed by atoms with E-state index in [9.17, 15) is 22.4 Å². The zero-order valence-corrected chi connectivity index (χ0v) is 11.1. The normalized spacial score (nSPS) is 28.7. The molecule has 2 nitrogen and oxygen atoms in total. The molecule has 2 atom stereocenters. The van der Waals surface area contributed by atoms with Crippen molar-refractivity contribution in [3.8, 4) is 0 Å². The molecule has 0 N–H and O–H groups in total. The lowest BCUT2D eigenvalue weighted by Crippen LogP contribution is -2.30. The van der Waals surface area contributed by atoms with Crippen LogP contribution in [0.25, 0.3) is 0 Å². The van der Waals surface area contributed by atoms with Gasteiger partial charge in [0.25, 0.3) is 0 Å². The molecular formula is C15H14F4O2. The highest BCUT2D eigenvalue weighted by molar-refractivity contribution is 5.98. The van der Waals surface area contributed by atoms with Gasteiger partial charge in [-0.25, -0.2) is 4.39 Å². The third kappa shape index (κ3) is 2.81. The van der Waals surface area contributed by atoms with Crippen LogP contribution in [0.15, 0.2) is 18.2 Å². The average Bonchev–Trinajstić information content (AvgIpc) is 2.76. The van der Waals surface area contributed by atoms with Crippen LogP contribution in [0.3, 0.4) is 0 Å². The molecule has 114 valence electrons. The molecule has 1 aromatic rings. The first-order valence-electron chi connectivity index (χ1n) is 6.91. The van der Waals surface area contributed by atoms with Crippen molar-refractivity contribution >= 4 is 5.78 Å². The Bertz CT molecular complexity index is 555. The van der Waals surface area contributed by atoms with Gasteiger partial charge in [-0.1, -0.05) is 0 Å². The molecule has 2 bridgehead atoms. The Morgan fingerprint density at radius 1 is 1.14 bits per heavy atom. The number of carbonyl (C=O) groups is 1. The standard InChI is InChI=1S/C15H14F4O2/c16-13-4-1-8(7-12(13)15(17,18)19)14(20)9-5-10-2-3-11(6-9)21-10/h1,4,7,9-11H,2-3,5-6H2. The van der Waals surface area contributed by atoms with Gasteiger partial charge in [0.2, 0.25) is 0 Å². The zero-order chi connectivity index (χ0) is 15.2. The molecule has 2 aliphatic heterocycles. The molecule has 21 heavy (non-hydrogen) atoms. The van der Waals surface area contributed by atoms with E-state index in [0.29, 0.717) is 25.0 Å². The van der Waals surface area contributed by atoms with Gasteiger partial charge in [-0.3, -0.25) is 4.79 Å². The molecule has 2 unspecified atom stereocenters. The maximum atomic E-state index is 13.3. The lowest BCUT2D eigenvalue weighted by atomic mass is 9.87. The van der Waals surface area contributed by atoms with E-state index >= 15 is 0 Å². The van der Waals surface area contributed by atoms with Gasteiger partial charge in [0.05, 0.1) is 17.8 Å². The summed E-state index contributed by atoms with van der Waals surface area (Å²) >= 11 is 0. The van der Waals surface area contributed by atoms with Crippen molar-refractivity contribution in [3.05, 3.63) is 35.1 Å². The second-order valence-corrected chi connectivity index (χ2v) is 5.68. The largest absolute Gasteiger partial charge is 0.419 e. The Morgan fingerprint density at radius 3 is 2.33 bits per heavy atom. The van der Waals surface area contributed by atoms with Gasteiger partial charge in [-0.15, -0.1) is 0 Å². The van der Waals surface area contributed by atoms with Crippen molar-refractivity contribution in [2.45, 2.75) is 44.1 Å². The van der Waals surface area contributed by atoms with Gasteiger partial charge in [0.1, 0.15) is 5.82 Å². The summed E-state index contributed by atoms with van der Waals surface area (Å²) in [5.41, 5.74) is -1.46. The maximum Gasteiger partial charge on any atom is 0.419 e. The number of ketones is 1. The number of carbonyl (C=O) groups excluding carboxylic acids is 1. The molecular weight excluding hydrogens is 288 g/mol. The van der Waals surface area contributed by atoms with Gasteiger partial charge in [0.15, 0.2) is 5.78 Å². The molecule has 0 aromatic heterocycles.